The molecule has 1 heterocycles. The van der Waals surface area contributed by atoms with Crippen molar-refractivity contribution in [3.05, 3.63) is 86.2 Å². The van der Waals surface area contributed by atoms with Gasteiger partial charge in [0, 0.05) is 11.8 Å². The molecule has 8 nitrogen and oxygen atoms in total. The van der Waals surface area contributed by atoms with E-state index in [0.717, 1.165) is 16.7 Å². The smallest absolute Gasteiger partial charge is 0.293 e. The second kappa shape index (κ2) is 11.2. The number of methoxy groups -OCH3 is 2. The Bertz CT molecular complexity index is 1440. The monoisotopic (exact) mass is 558 g/mol. The molecule has 11 heteroatoms. The largest absolute Gasteiger partial charge is 0.507 e. The molecule has 3 aromatic carbocycles. The van der Waals surface area contributed by atoms with E-state index >= 15 is 0 Å². The zero-order valence-electron chi connectivity index (χ0n) is 19.6. The maximum Gasteiger partial charge on any atom is 0.293 e. The molecule has 0 atom stereocenters. The molecule has 0 aliphatic carbocycles. The van der Waals surface area contributed by atoms with Crippen LogP contribution in [0.2, 0.25) is 10.0 Å². The van der Waals surface area contributed by atoms with Gasteiger partial charge in [-0.1, -0.05) is 35.3 Å². The van der Waals surface area contributed by atoms with E-state index in [9.17, 15) is 19.5 Å². The summed E-state index contributed by atoms with van der Waals surface area (Å²) in [5.41, 5.74) is 1.52. The molecule has 0 spiro atoms. The van der Waals surface area contributed by atoms with Crippen LogP contribution in [0.25, 0.3) is 6.08 Å². The lowest BCUT2D eigenvalue weighted by atomic mass is 10.1. The van der Waals surface area contributed by atoms with Gasteiger partial charge in [-0.2, -0.15) is 0 Å². The molecule has 2 N–H and O–H groups in total. The van der Waals surface area contributed by atoms with Crippen molar-refractivity contribution in [2.75, 3.05) is 19.5 Å². The van der Waals surface area contributed by atoms with Crippen molar-refractivity contribution in [1.82, 2.24) is 4.90 Å². The van der Waals surface area contributed by atoms with E-state index < -0.39 is 17.1 Å². The second-order valence-electron chi connectivity index (χ2n) is 7.82. The Kier molecular flexibility index (Phi) is 7.97. The summed E-state index contributed by atoms with van der Waals surface area (Å²) in [6.07, 6.45) is 1.49. The number of thioether (sulfide) groups is 1. The van der Waals surface area contributed by atoms with Crippen molar-refractivity contribution in [3.63, 3.8) is 0 Å². The number of carbonyl (C=O) groups excluding carboxylic acids is 3. The number of ether oxygens (including phenoxy) is 2. The number of amides is 3. The number of nitrogens with zero attached hydrogens (tertiary/aromatic N) is 1. The van der Waals surface area contributed by atoms with E-state index in [1.54, 1.807) is 36.4 Å². The molecule has 0 bridgehead atoms. The fourth-order valence-corrected chi connectivity index (χ4v) is 4.70. The fraction of sp³-hybridized carbons (Fsp3) is 0.115. The van der Waals surface area contributed by atoms with Crippen LogP contribution in [0.4, 0.5) is 10.5 Å². The van der Waals surface area contributed by atoms with Gasteiger partial charge in [-0.15, -0.1) is 0 Å². The predicted octanol–water partition coefficient (Wildman–Crippen LogP) is 6.21. The molecule has 0 radical (unpaired) electrons. The summed E-state index contributed by atoms with van der Waals surface area (Å²) in [4.78, 5) is 39.6. The molecule has 4 rings (SSSR count). The molecule has 37 heavy (non-hydrogen) atoms. The molecule has 1 saturated heterocycles. The van der Waals surface area contributed by atoms with Crippen LogP contribution in [0.3, 0.4) is 0 Å². The first-order chi connectivity index (χ1) is 17.7. The van der Waals surface area contributed by atoms with E-state index in [4.69, 9.17) is 32.7 Å². The number of phenolic OH excluding ortho intramolecular Hbond substituents is 1. The number of anilines is 1. The maximum atomic E-state index is 12.9. The molecule has 0 saturated carbocycles. The second-order valence-corrected chi connectivity index (χ2v) is 9.62. The van der Waals surface area contributed by atoms with Crippen molar-refractivity contribution in [2.24, 2.45) is 0 Å². The van der Waals surface area contributed by atoms with Gasteiger partial charge in [-0.25, -0.2) is 0 Å². The SMILES string of the molecule is COc1ccc(NC(=O)c2cc(C=C3SC(=O)N(Cc4ccc(Cl)c(Cl)c4)C3=O)ccc2O)cc1OC. The van der Waals surface area contributed by atoms with E-state index in [0.29, 0.717) is 38.4 Å². The van der Waals surface area contributed by atoms with Crippen LogP contribution < -0.4 is 14.8 Å². The summed E-state index contributed by atoms with van der Waals surface area (Å²) in [7, 11) is 2.98. The minimum atomic E-state index is -0.576. The summed E-state index contributed by atoms with van der Waals surface area (Å²) < 4.78 is 10.4. The summed E-state index contributed by atoms with van der Waals surface area (Å²) >= 11 is 12.8. The normalized spacial score (nSPS) is 14.3. The number of nitrogens with one attached hydrogen (secondary N) is 1. The number of benzene rings is 3. The third-order valence-electron chi connectivity index (χ3n) is 5.40. The average Bonchev–Trinajstić information content (AvgIpc) is 3.14. The number of hydrogen-bond acceptors (Lipinski definition) is 7. The highest BCUT2D eigenvalue weighted by Crippen LogP contribution is 2.35. The Morgan fingerprint density at radius 3 is 2.46 bits per heavy atom. The van der Waals surface area contributed by atoms with Gasteiger partial charge >= 0.3 is 0 Å². The summed E-state index contributed by atoms with van der Waals surface area (Å²) in [5, 5.41) is 13.2. The third kappa shape index (κ3) is 5.85. The summed E-state index contributed by atoms with van der Waals surface area (Å²) in [6.45, 7) is 0.0352. The van der Waals surface area contributed by atoms with Gasteiger partial charge in [0.05, 0.1) is 41.3 Å². The van der Waals surface area contributed by atoms with Crippen LogP contribution in [-0.2, 0) is 11.3 Å². The van der Waals surface area contributed by atoms with Gasteiger partial charge in [0.1, 0.15) is 5.75 Å². The number of phenols is 1. The van der Waals surface area contributed by atoms with Gasteiger partial charge in [-0.05, 0) is 65.4 Å². The van der Waals surface area contributed by atoms with Gasteiger partial charge in [0.25, 0.3) is 17.1 Å². The van der Waals surface area contributed by atoms with Crippen LogP contribution >= 0.6 is 35.0 Å². The highest BCUT2D eigenvalue weighted by atomic mass is 35.5. The standard InChI is InChI=1S/C26H20Cl2N2O6S/c1-35-21-8-5-16(12-22(21)36-2)29-24(32)17-9-14(4-7-20(17)31)11-23-25(33)30(26(34)37-23)13-15-3-6-18(27)19(28)10-15/h3-12,31H,13H2,1-2H3,(H,29,32). The van der Waals surface area contributed by atoms with Crippen molar-refractivity contribution in [2.45, 2.75) is 6.54 Å². The minimum Gasteiger partial charge on any atom is -0.507 e. The van der Waals surface area contributed by atoms with Crippen molar-refractivity contribution in [3.8, 4) is 17.2 Å². The Morgan fingerprint density at radius 2 is 1.76 bits per heavy atom. The number of halogens is 2. The summed E-state index contributed by atoms with van der Waals surface area (Å²) in [5.74, 6) is -0.380. The molecule has 190 valence electrons. The number of rotatable bonds is 7. The number of aromatic hydroxyl groups is 1. The van der Waals surface area contributed by atoms with Crippen molar-refractivity contribution in [1.29, 1.82) is 0 Å². The number of hydrogen-bond donors (Lipinski definition) is 2. The first kappa shape index (κ1) is 26.4. The molecular formula is C26H20Cl2N2O6S. The molecule has 0 aromatic heterocycles. The molecule has 1 aliphatic rings. The number of imide groups is 1. The maximum absolute atomic E-state index is 12.9. The van der Waals surface area contributed by atoms with E-state index in [-0.39, 0.29) is 22.8 Å². The highest BCUT2D eigenvalue weighted by Gasteiger charge is 2.35. The molecule has 3 amide bonds. The zero-order valence-corrected chi connectivity index (χ0v) is 21.9. The van der Waals surface area contributed by atoms with Crippen molar-refractivity contribution >= 4 is 63.8 Å². The first-order valence-corrected chi connectivity index (χ1v) is 12.3. The van der Waals surface area contributed by atoms with Crippen LogP contribution in [0.1, 0.15) is 21.5 Å². The van der Waals surface area contributed by atoms with Gasteiger partial charge in [0.15, 0.2) is 11.5 Å². The average molecular weight is 559 g/mol. The zero-order chi connectivity index (χ0) is 26.7. The lowest BCUT2D eigenvalue weighted by Crippen LogP contribution is -2.27. The van der Waals surface area contributed by atoms with Gasteiger partial charge in [0.2, 0.25) is 0 Å². The highest BCUT2D eigenvalue weighted by molar-refractivity contribution is 8.18. The molecule has 1 fully saturated rings. The lowest BCUT2D eigenvalue weighted by molar-refractivity contribution is -0.123. The van der Waals surface area contributed by atoms with Crippen LogP contribution in [-0.4, -0.2) is 41.3 Å². The van der Waals surface area contributed by atoms with Crippen LogP contribution in [0, 0.1) is 0 Å². The first-order valence-electron chi connectivity index (χ1n) is 10.8. The van der Waals surface area contributed by atoms with Gasteiger partial charge < -0.3 is 19.9 Å². The Labute approximate surface area is 226 Å². The van der Waals surface area contributed by atoms with Gasteiger partial charge in [-0.3, -0.25) is 19.3 Å². The molecule has 0 unspecified atom stereocenters. The molecular weight excluding hydrogens is 539 g/mol. The Hall–Kier alpha value is -3.66. The quantitative estimate of drug-likeness (QED) is 0.332. The van der Waals surface area contributed by atoms with E-state index in [1.807, 2.05) is 0 Å². The molecule has 1 aliphatic heterocycles. The Balaban J connectivity index is 1.53. The van der Waals surface area contributed by atoms with Crippen LogP contribution in [0.15, 0.2) is 59.5 Å². The topological polar surface area (TPSA) is 105 Å². The van der Waals surface area contributed by atoms with Crippen LogP contribution in [0.5, 0.6) is 17.2 Å². The molecule has 3 aromatic rings. The fourth-order valence-electron chi connectivity index (χ4n) is 3.55. The third-order valence-corrected chi connectivity index (χ3v) is 7.05. The van der Waals surface area contributed by atoms with E-state index in [2.05, 4.69) is 5.32 Å². The Morgan fingerprint density at radius 1 is 1.00 bits per heavy atom. The predicted molar refractivity (Wildman–Crippen MR) is 144 cm³/mol. The lowest BCUT2D eigenvalue weighted by Gasteiger charge is -2.13. The van der Waals surface area contributed by atoms with Crippen molar-refractivity contribution < 1.29 is 29.0 Å². The van der Waals surface area contributed by atoms with E-state index in [1.165, 1.54) is 38.5 Å². The minimum absolute atomic E-state index is 0.0152. The summed E-state index contributed by atoms with van der Waals surface area (Å²) in [6, 6.07) is 14.0. The number of carbonyl (C=O) groups is 3.